The summed E-state index contributed by atoms with van der Waals surface area (Å²) >= 11 is 0. The monoisotopic (exact) mass is 235 g/mol. The second-order valence-electron chi connectivity index (χ2n) is 4.84. The van der Waals surface area contributed by atoms with Gasteiger partial charge in [-0.2, -0.15) is 4.98 Å². The fraction of sp³-hybridized carbons (Fsp3) is 0.615. The van der Waals surface area contributed by atoms with Gasteiger partial charge in [0, 0.05) is 6.54 Å². The fourth-order valence-corrected chi connectivity index (χ4v) is 2.47. The van der Waals surface area contributed by atoms with Gasteiger partial charge in [0.25, 0.3) is 0 Å². The molecule has 2 unspecified atom stereocenters. The number of pyridine rings is 1. The molecule has 1 aliphatic rings. The third-order valence-corrected chi connectivity index (χ3v) is 3.67. The quantitative estimate of drug-likeness (QED) is 0.842. The summed E-state index contributed by atoms with van der Waals surface area (Å²) < 4.78 is 5.10. The number of nitrogens with one attached hydrogen (secondary N) is 1. The summed E-state index contributed by atoms with van der Waals surface area (Å²) in [5.41, 5.74) is 6.30. The van der Waals surface area contributed by atoms with Crippen LogP contribution < -0.4 is 15.8 Å². The topological polar surface area (TPSA) is 60.2 Å². The van der Waals surface area contributed by atoms with Crippen molar-refractivity contribution in [3.63, 3.8) is 0 Å². The lowest BCUT2D eigenvalue weighted by molar-refractivity contribution is 0.400. The Kier molecular flexibility index (Phi) is 3.71. The van der Waals surface area contributed by atoms with Gasteiger partial charge in [0.1, 0.15) is 5.82 Å². The van der Waals surface area contributed by atoms with E-state index in [9.17, 15) is 0 Å². The molecular weight excluding hydrogens is 214 g/mol. The average molecular weight is 235 g/mol. The minimum absolute atomic E-state index is 0.495. The molecule has 4 heteroatoms. The molecule has 0 aliphatic heterocycles. The largest absolute Gasteiger partial charge is 0.479 e. The summed E-state index contributed by atoms with van der Waals surface area (Å²) in [7, 11) is 1.58. The number of hydrogen-bond acceptors (Lipinski definition) is 4. The van der Waals surface area contributed by atoms with Gasteiger partial charge < -0.3 is 15.8 Å². The molecule has 1 aromatic heterocycles. The van der Waals surface area contributed by atoms with Gasteiger partial charge in [0.15, 0.2) is 0 Å². The average Bonchev–Trinajstić information content (AvgIpc) is 2.74. The van der Waals surface area contributed by atoms with E-state index in [1.54, 1.807) is 7.11 Å². The molecule has 17 heavy (non-hydrogen) atoms. The molecule has 0 spiro atoms. The number of methoxy groups -OCH3 is 1. The van der Waals surface area contributed by atoms with Crippen molar-refractivity contribution in [3.05, 3.63) is 12.1 Å². The normalized spacial score (nSPS) is 23.6. The van der Waals surface area contributed by atoms with Gasteiger partial charge in [0.2, 0.25) is 5.88 Å². The lowest BCUT2D eigenvalue weighted by Crippen LogP contribution is -2.17. The lowest BCUT2D eigenvalue weighted by atomic mass is 9.98. The van der Waals surface area contributed by atoms with Crippen molar-refractivity contribution in [1.82, 2.24) is 4.98 Å². The first-order valence-corrected chi connectivity index (χ1v) is 6.25. The van der Waals surface area contributed by atoms with E-state index in [1.807, 2.05) is 12.1 Å². The summed E-state index contributed by atoms with van der Waals surface area (Å²) in [6.45, 7) is 3.32. The van der Waals surface area contributed by atoms with Crippen LogP contribution in [0.1, 0.15) is 26.2 Å². The summed E-state index contributed by atoms with van der Waals surface area (Å²) in [6.07, 6.45) is 4.02. The molecule has 0 saturated heterocycles. The highest BCUT2D eigenvalue weighted by molar-refractivity contribution is 5.53. The number of ether oxygens (including phenoxy) is 1. The maximum absolute atomic E-state index is 5.73. The van der Waals surface area contributed by atoms with E-state index in [2.05, 4.69) is 17.2 Å². The van der Waals surface area contributed by atoms with Crippen molar-refractivity contribution < 1.29 is 4.74 Å². The van der Waals surface area contributed by atoms with E-state index in [0.29, 0.717) is 11.6 Å². The number of rotatable bonds is 4. The minimum Gasteiger partial charge on any atom is -0.479 e. The number of nitrogens with two attached hydrogens (primary N) is 1. The minimum atomic E-state index is 0.495. The van der Waals surface area contributed by atoms with E-state index < -0.39 is 0 Å². The zero-order valence-electron chi connectivity index (χ0n) is 10.6. The molecule has 2 atom stereocenters. The lowest BCUT2D eigenvalue weighted by Gasteiger charge is -2.16. The number of nitrogens with zero attached hydrogens (tertiary/aromatic N) is 1. The SMILES string of the molecule is COc1nc(NCC2CCCC2C)ccc1N. The fourth-order valence-electron chi connectivity index (χ4n) is 2.47. The van der Waals surface area contributed by atoms with E-state index in [-0.39, 0.29) is 0 Å². The Morgan fingerprint density at radius 2 is 2.29 bits per heavy atom. The Labute approximate surface area is 103 Å². The van der Waals surface area contributed by atoms with Crippen LogP contribution in [0, 0.1) is 11.8 Å². The first-order valence-electron chi connectivity index (χ1n) is 6.25. The molecular formula is C13H21N3O. The maximum Gasteiger partial charge on any atom is 0.238 e. The van der Waals surface area contributed by atoms with Crippen LogP contribution in [-0.4, -0.2) is 18.6 Å². The molecule has 0 bridgehead atoms. The zero-order chi connectivity index (χ0) is 12.3. The van der Waals surface area contributed by atoms with Crippen LogP contribution in [0.15, 0.2) is 12.1 Å². The first kappa shape index (κ1) is 12.0. The Morgan fingerprint density at radius 3 is 2.94 bits per heavy atom. The number of nitrogen functional groups attached to an aromatic ring is 1. The van der Waals surface area contributed by atoms with Crippen molar-refractivity contribution >= 4 is 11.5 Å². The predicted molar refractivity (Wildman–Crippen MR) is 70.2 cm³/mol. The summed E-state index contributed by atoms with van der Waals surface area (Å²) in [6, 6.07) is 3.73. The van der Waals surface area contributed by atoms with E-state index in [0.717, 1.165) is 24.2 Å². The number of hydrogen-bond donors (Lipinski definition) is 2. The molecule has 1 aromatic rings. The summed E-state index contributed by atoms with van der Waals surface area (Å²) in [5.74, 6) is 2.92. The Morgan fingerprint density at radius 1 is 1.47 bits per heavy atom. The van der Waals surface area contributed by atoms with Crippen LogP contribution in [0.25, 0.3) is 0 Å². The van der Waals surface area contributed by atoms with E-state index >= 15 is 0 Å². The summed E-state index contributed by atoms with van der Waals surface area (Å²) in [5, 5.41) is 3.37. The van der Waals surface area contributed by atoms with Crippen LogP contribution in [0.5, 0.6) is 5.88 Å². The second-order valence-corrected chi connectivity index (χ2v) is 4.84. The van der Waals surface area contributed by atoms with Gasteiger partial charge in [-0.25, -0.2) is 0 Å². The highest BCUT2D eigenvalue weighted by atomic mass is 16.5. The molecule has 1 fully saturated rings. The number of anilines is 2. The third kappa shape index (κ3) is 2.81. The van der Waals surface area contributed by atoms with Gasteiger partial charge in [0.05, 0.1) is 12.8 Å². The Hall–Kier alpha value is -1.45. The van der Waals surface area contributed by atoms with Crippen molar-refractivity contribution in [2.75, 3.05) is 24.7 Å². The molecule has 0 radical (unpaired) electrons. The molecule has 1 aliphatic carbocycles. The molecule has 1 saturated carbocycles. The van der Waals surface area contributed by atoms with Crippen molar-refractivity contribution in [2.45, 2.75) is 26.2 Å². The molecule has 3 N–H and O–H groups in total. The van der Waals surface area contributed by atoms with E-state index in [1.165, 1.54) is 19.3 Å². The maximum atomic E-state index is 5.73. The van der Waals surface area contributed by atoms with Crippen molar-refractivity contribution in [1.29, 1.82) is 0 Å². The van der Waals surface area contributed by atoms with Gasteiger partial charge in [-0.05, 0) is 30.4 Å². The highest BCUT2D eigenvalue weighted by Gasteiger charge is 2.22. The first-order chi connectivity index (χ1) is 8.20. The number of aromatic nitrogens is 1. The van der Waals surface area contributed by atoms with Crippen molar-refractivity contribution in [3.8, 4) is 5.88 Å². The van der Waals surface area contributed by atoms with Gasteiger partial charge in [-0.15, -0.1) is 0 Å². The van der Waals surface area contributed by atoms with Crippen LogP contribution in [0.2, 0.25) is 0 Å². The molecule has 0 aromatic carbocycles. The molecule has 0 amide bonds. The van der Waals surface area contributed by atoms with Gasteiger partial charge in [-0.1, -0.05) is 19.8 Å². The Bertz CT molecular complexity index is 381. The smallest absolute Gasteiger partial charge is 0.238 e. The second kappa shape index (κ2) is 5.25. The zero-order valence-corrected chi connectivity index (χ0v) is 10.6. The Balaban J connectivity index is 1.94. The van der Waals surface area contributed by atoms with Gasteiger partial charge >= 0.3 is 0 Å². The predicted octanol–water partition coefficient (Wildman–Crippen LogP) is 2.52. The molecule has 4 nitrogen and oxygen atoms in total. The van der Waals surface area contributed by atoms with Crippen LogP contribution in [0.3, 0.4) is 0 Å². The molecule has 2 rings (SSSR count). The molecule has 94 valence electrons. The van der Waals surface area contributed by atoms with Crippen LogP contribution in [-0.2, 0) is 0 Å². The highest BCUT2D eigenvalue weighted by Crippen LogP contribution is 2.31. The third-order valence-electron chi connectivity index (χ3n) is 3.67. The van der Waals surface area contributed by atoms with Crippen molar-refractivity contribution in [2.24, 2.45) is 11.8 Å². The van der Waals surface area contributed by atoms with Crippen LogP contribution in [0.4, 0.5) is 11.5 Å². The summed E-state index contributed by atoms with van der Waals surface area (Å²) in [4.78, 5) is 4.32. The van der Waals surface area contributed by atoms with Gasteiger partial charge in [-0.3, -0.25) is 0 Å². The molecule has 1 heterocycles. The van der Waals surface area contributed by atoms with Crippen LogP contribution >= 0.6 is 0 Å². The van der Waals surface area contributed by atoms with E-state index in [4.69, 9.17) is 10.5 Å². The standard InChI is InChI=1S/C13H21N3O/c1-9-4-3-5-10(9)8-15-12-7-6-11(14)13(16-12)17-2/h6-7,9-10H,3-5,8,14H2,1-2H3,(H,15,16).